The maximum absolute atomic E-state index is 5.91. The molecule has 0 bridgehead atoms. The number of hydrogen-bond donors (Lipinski definition) is 1. The van der Waals surface area contributed by atoms with E-state index in [-0.39, 0.29) is 0 Å². The van der Waals surface area contributed by atoms with Crippen molar-refractivity contribution in [3.63, 3.8) is 0 Å². The van der Waals surface area contributed by atoms with Gasteiger partial charge in [-0.25, -0.2) is 0 Å². The molecule has 0 spiro atoms. The first-order chi connectivity index (χ1) is 10.3. The summed E-state index contributed by atoms with van der Waals surface area (Å²) in [6.45, 7) is 5.14. The zero-order valence-electron chi connectivity index (χ0n) is 12.7. The summed E-state index contributed by atoms with van der Waals surface area (Å²) >= 11 is 3.66. The van der Waals surface area contributed by atoms with Crippen molar-refractivity contribution in [3.8, 4) is 5.75 Å². The standard InChI is InChI=1S/C18H24BrNO/c1-2-20-13-7-3-4-8-14-21-17-12-11-15-9-5-6-10-16(15)18(17)19/h5-6,9-12,20H,2-4,7-8,13-14H2,1H3. The lowest BCUT2D eigenvalue weighted by Crippen LogP contribution is -2.13. The third kappa shape index (κ3) is 5.01. The van der Waals surface area contributed by atoms with E-state index in [1.807, 2.05) is 0 Å². The van der Waals surface area contributed by atoms with Crippen LogP contribution < -0.4 is 10.1 Å². The van der Waals surface area contributed by atoms with Gasteiger partial charge >= 0.3 is 0 Å². The molecule has 2 aromatic rings. The van der Waals surface area contributed by atoms with Gasteiger partial charge in [-0.1, -0.05) is 50.1 Å². The van der Waals surface area contributed by atoms with Crippen molar-refractivity contribution in [2.45, 2.75) is 32.6 Å². The van der Waals surface area contributed by atoms with Gasteiger partial charge in [0, 0.05) is 0 Å². The Morgan fingerprint density at radius 3 is 2.67 bits per heavy atom. The summed E-state index contributed by atoms with van der Waals surface area (Å²) in [5, 5.41) is 5.80. The van der Waals surface area contributed by atoms with Crippen LogP contribution in [-0.2, 0) is 0 Å². The molecule has 0 aliphatic carbocycles. The zero-order chi connectivity index (χ0) is 14.9. The topological polar surface area (TPSA) is 21.3 Å². The number of hydrogen-bond acceptors (Lipinski definition) is 2. The molecule has 2 rings (SSSR count). The molecule has 114 valence electrons. The summed E-state index contributed by atoms with van der Waals surface area (Å²) in [5.41, 5.74) is 0. The van der Waals surface area contributed by atoms with Crippen molar-refractivity contribution >= 4 is 26.7 Å². The summed E-state index contributed by atoms with van der Waals surface area (Å²) < 4.78 is 6.97. The first kappa shape index (κ1) is 16.3. The van der Waals surface area contributed by atoms with Crippen molar-refractivity contribution < 1.29 is 4.74 Å². The van der Waals surface area contributed by atoms with Crippen LogP contribution in [-0.4, -0.2) is 19.7 Å². The van der Waals surface area contributed by atoms with Crippen LogP contribution in [0.15, 0.2) is 40.9 Å². The van der Waals surface area contributed by atoms with Crippen LogP contribution in [0.4, 0.5) is 0 Å². The Morgan fingerprint density at radius 2 is 1.81 bits per heavy atom. The summed E-state index contributed by atoms with van der Waals surface area (Å²) in [6, 6.07) is 12.5. The smallest absolute Gasteiger partial charge is 0.134 e. The Kier molecular flexibility index (Phi) is 7.04. The summed E-state index contributed by atoms with van der Waals surface area (Å²) in [6.07, 6.45) is 4.88. The van der Waals surface area contributed by atoms with E-state index in [1.54, 1.807) is 0 Å². The van der Waals surface area contributed by atoms with Crippen LogP contribution in [0.2, 0.25) is 0 Å². The minimum Gasteiger partial charge on any atom is -0.492 e. The number of nitrogens with one attached hydrogen (secondary N) is 1. The first-order valence-corrected chi connectivity index (χ1v) is 8.63. The van der Waals surface area contributed by atoms with Crippen LogP contribution in [0, 0.1) is 0 Å². The van der Waals surface area contributed by atoms with Crippen LogP contribution in [0.25, 0.3) is 10.8 Å². The molecule has 2 aromatic carbocycles. The van der Waals surface area contributed by atoms with E-state index < -0.39 is 0 Å². The van der Waals surface area contributed by atoms with Gasteiger partial charge in [-0.2, -0.15) is 0 Å². The molecule has 3 heteroatoms. The van der Waals surface area contributed by atoms with Gasteiger partial charge in [-0.3, -0.25) is 0 Å². The highest BCUT2D eigenvalue weighted by Crippen LogP contribution is 2.33. The monoisotopic (exact) mass is 349 g/mol. The average Bonchev–Trinajstić information content (AvgIpc) is 2.52. The molecular weight excluding hydrogens is 326 g/mol. The number of benzene rings is 2. The molecule has 0 atom stereocenters. The molecule has 0 radical (unpaired) electrons. The van der Waals surface area contributed by atoms with Crippen molar-refractivity contribution in [2.75, 3.05) is 19.7 Å². The molecule has 0 aliphatic rings. The minimum absolute atomic E-state index is 0.790. The summed E-state index contributed by atoms with van der Waals surface area (Å²) in [5.74, 6) is 0.946. The fourth-order valence-electron chi connectivity index (χ4n) is 2.39. The van der Waals surface area contributed by atoms with Crippen molar-refractivity contribution in [1.82, 2.24) is 5.32 Å². The molecule has 0 heterocycles. The first-order valence-electron chi connectivity index (χ1n) is 7.83. The third-order valence-electron chi connectivity index (χ3n) is 3.58. The van der Waals surface area contributed by atoms with Gasteiger partial charge in [0.1, 0.15) is 5.75 Å². The molecule has 0 aliphatic heterocycles. The number of halogens is 1. The fraction of sp³-hybridized carbons (Fsp3) is 0.444. The Labute approximate surface area is 136 Å². The lowest BCUT2D eigenvalue weighted by molar-refractivity contribution is 0.303. The predicted octanol–water partition coefficient (Wildman–Crippen LogP) is 5.15. The van der Waals surface area contributed by atoms with Crippen LogP contribution in [0.5, 0.6) is 5.75 Å². The lowest BCUT2D eigenvalue weighted by atomic mass is 10.1. The Hall–Kier alpha value is -1.06. The molecule has 2 nitrogen and oxygen atoms in total. The number of unbranched alkanes of at least 4 members (excludes halogenated alkanes) is 3. The molecule has 0 amide bonds. The maximum atomic E-state index is 5.91. The van der Waals surface area contributed by atoms with E-state index in [1.165, 1.54) is 30.0 Å². The van der Waals surface area contributed by atoms with E-state index in [9.17, 15) is 0 Å². The van der Waals surface area contributed by atoms with E-state index in [0.29, 0.717) is 0 Å². The quantitative estimate of drug-likeness (QED) is 0.632. The van der Waals surface area contributed by atoms with Gasteiger partial charge < -0.3 is 10.1 Å². The molecule has 0 saturated carbocycles. The van der Waals surface area contributed by atoms with E-state index in [0.717, 1.165) is 36.3 Å². The Morgan fingerprint density at radius 1 is 1.00 bits per heavy atom. The highest BCUT2D eigenvalue weighted by Gasteiger charge is 2.05. The normalized spacial score (nSPS) is 11.0. The zero-order valence-corrected chi connectivity index (χ0v) is 14.3. The lowest BCUT2D eigenvalue weighted by Gasteiger charge is -2.10. The predicted molar refractivity (Wildman–Crippen MR) is 94.2 cm³/mol. The SMILES string of the molecule is CCNCCCCCCOc1ccc2ccccc2c1Br. The highest BCUT2D eigenvalue weighted by atomic mass is 79.9. The van der Waals surface area contributed by atoms with Gasteiger partial charge in [-0.05, 0) is 58.7 Å². The molecule has 1 N–H and O–H groups in total. The van der Waals surface area contributed by atoms with Gasteiger partial charge in [-0.15, -0.1) is 0 Å². The van der Waals surface area contributed by atoms with Crippen molar-refractivity contribution in [2.24, 2.45) is 0 Å². The molecular formula is C18H24BrNO. The van der Waals surface area contributed by atoms with E-state index >= 15 is 0 Å². The van der Waals surface area contributed by atoms with E-state index in [2.05, 4.69) is 64.6 Å². The maximum Gasteiger partial charge on any atom is 0.134 e. The van der Waals surface area contributed by atoms with Gasteiger partial charge in [0.15, 0.2) is 0 Å². The largest absolute Gasteiger partial charge is 0.492 e. The van der Waals surface area contributed by atoms with Gasteiger partial charge in [0.2, 0.25) is 0 Å². The molecule has 0 unspecified atom stereocenters. The number of ether oxygens (including phenoxy) is 1. The van der Waals surface area contributed by atoms with Crippen LogP contribution >= 0.6 is 15.9 Å². The van der Waals surface area contributed by atoms with Crippen LogP contribution in [0.3, 0.4) is 0 Å². The third-order valence-corrected chi connectivity index (χ3v) is 4.40. The second-order valence-electron chi connectivity index (χ2n) is 5.22. The van der Waals surface area contributed by atoms with Gasteiger partial charge in [0.25, 0.3) is 0 Å². The highest BCUT2D eigenvalue weighted by molar-refractivity contribution is 9.10. The molecule has 0 aromatic heterocycles. The van der Waals surface area contributed by atoms with Crippen LogP contribution in [0.1, 0.15) is 32.6 Å². The fourth-order valence-corrected chi connectivity index (χ4v) is 3.00. The second-order valence-corrected chi connectivity index (χ2v) is 6.01. The average molecular weight is 350 g/mol. The van der Waals surface area contributed by atoms with E-state index in [4.69, 9.17) is 4.74 Å². The molecule has 0 saturated heterocycles. The summed E-state index contributed by atoms with van der Waals surface area (Å²) in [4.78, 5) is 0. The summed E-state index contributed by atoms with van der Waals surface area (Å²) in [7, 11) is 0. The Balaban J connectivity index is 1.75. The molecule has 0 fully saturated rings. The molecule has 21 heavy (non-hydrogen) atoms. The minimum atomic E-state index is 0.790. The van der Waals surface area contributed by atoms with Gasteiger partial charge in [0.05, 0.1) is 11.1 Å². The van der Waals surface area contributed by atoms with Crippen molar-refractivity contribution in [1.29, 1.82) is 0 Å². The number of fused-ring (bicyclic) bond motifs is 1. The second kappa shape index (κ2) is 9.06. The van der Waals surface area contributed by atoms with Crippen molar-refractivity contribution in [3.05, 3.63) is 40.9 Å². The Bertz CT molecular complexity index is 556. The number of rotatable bonds is 9.